The van der Waals surface area contributed by atoms with E-state index in [1.165, 1.54) is 32.1 Å². The average molecular weight is 226 g/mol. The van der Waals surface area contributed by atoms with Crippen LogP contribution in [0.25, 0.3) is 0 Å². The van der Waals surface area contributed by atoms with Gasteiger partial charge in [-0.15, -0.1) is 0 Å². The van der Waals surface area contributed by atoms with E-state index >= 15 is 0 Å². The first-order chi connectivity index (χ1) is 7.61. The van der Waals surface area contributed by atoms with Crippen LogP contribution in [0.2, 0.25) is 0 Å². The molecule has 0 aromatic rings. The van der Waals surface area contributed by atoms with Gasteiger partial charge in [0, 0.05) is 18.0 Å². The first-order valence-electron chi connectivity index (χ1n) is 6.67. The maximum absolute atomic E-state index is 11.9. The van der Waals surface area contributed by atoms with Crippen LogP contribution in [0.5, 0.6) is 0 Å². The Morgan fingerprint density at radius 3 is 2.12 bits per heavy atom. The lowest BCUT2D eigenvalue weighted by molar-refractivity contribution is -0.125. The van der Waals surface area contributed by atoms with E-state index in [-0.39, 0.29) is 17.9 Å². The smallest absolute Gasteiger partial charge is 0.224 e. The van der Waals surface area contributed by atoms with Crippen molar-refractivity contribution in [1.82, 2.24) is 5.32 Å². The molecule has 1 amide bonds. The highest BCUT2D eigenvalue weighted by molar-refractivity contribution is 5.79. The SMILES string of the molecule is CC(N)C(C)C(=O)NC1CCCCCCC1. The molecular formula is C13H26N2O. The number of carbonyl (C=O) groups is 1. The molecule has 1 saturated carbocycles. The molecule has 1 aliphatic carbocycles. The lowest BCUT2D eigenvalue weighted by Gasteiger charge is -2.24. The summed E-state index contributed by atoms with van der Waals surface area (Å²) in [6.45, 7) is 3.80. The van der Waals surface area contributed by atoms with Crippen molar-refractivity contribution in [3.05, 3.63) is 0 Å². The quantitative estimate of drug-likeness (QED) is 0.775. The Bertz CT molecular complexity index is 208. The molecular weight excluding hydrogens is 200 g/mol. The van der Waals surface area contributed by atoms with Gasteiger partial charge < -0.3 is 11.1 Å². The van der Waals surface area contributed by atoms with Gasteiger partial charge in [-0.3, -0.25) is 4.79 Å². The second-order valence-electron chi connectivity index (χ2n) is 5.20. The fourth-order valence-electron chi connectivity index (χ4n) is 2.17. The van der Waals surface area contributed by atoms with Gasteiger partial charge in [0.1, 0.15) is 0 Å². The molecule has 2 atom stereocenters. The van der Waals surface area contributed by atoms with E-state index in [1.54, 1.807) is 0 Å². The molecule has 0 aromatic carbocycles. The number of carbonyl (C=O) groups excluding carboxylic acids is 1. The third-order valence-electron chi connectivity index (χ3n) is 3.65. The monoisotopic (exact) mass is 226 g/mol. The summed E-state index contributed by atoms with van der Waals surface area (Å²) in [4.78, 5) is 11.9. The van der Waals surface area contributed by atoms with Crippen LogP contribution < -0.4 is 11.1 Å². The highest BCUT2D eigenvalue weighted by Gasteiger charge is 2.20. The molecule has 3 nitrogen and oxygen atoms in total. The van der Waals surface area contributed by atoms with Crippen molar-refractivity contribution in [2.45, 2.75) is 70.9 Å². The van der Waals surface area contributed by atoms with Crippen molar-refractivity contribution in [1.29, 1.82) is 0 Å². The third kappa shape index (κ3) is 4.52. The second-order valence-corrected chi connectivity index (χ2v) is 5.20. The van der Waals surface area contributed by atoms with Crippen molar-refractivity contribution >= 4 is 5.91 Å². The molecule has 3 N–H and O–H groups in total. The van der Waals surface area contributed by atoms with E-state index in [9.17, 15) is 4.79 Å². The van der Waals surface area contributed by atoms with E-state index in [2.05, 4.69) is 5.32 Å². The van der Waals surface area contributed by atoms with Gasteiger partial charge in [-0.25, -0.2) is 0 Å². The van der Waals surface area contributed by atoms with E-state index in [4.69, 9.17) is 5.73 Å². The van der Waals surface area contributed by atoms with Crippen molar-refractivity contribution < 1.29 is 4.79 Å². The van der Waals surface area contributed by atoms with Gasteiger partial charge in [-0.1, -0.05) is 39.0 Å². The minimum Gasteiger partial charge on any atom is -0.353 e. The largest absolute Gasteiger partial charge is 0.353 e. The molecule has 3 heteroatoms. The van der Waals surface area contributed by atoms with Gasteiger partial charge in [0.05, 0.1) is 0 Å². The minimum absolute atomic E-state index is 0.0615. The number of amides is 1. The summed E-state index contributed by atoms with van der Waals surface area (Å²) in [5.74, 6) is 0.0472. The fourth-order valence-corrected chi connectivity index (χ4v) is 2.17. The molecule has 0 saturated heterocycles. The Labute approximate surface area is 99.2 Å². The first kappa shape index (κ1) is 13.5. The molecule has 1 rings (SSSR count). The van der Waals surface area contributed by atoms with Crippen molar-refractivity contribution in [2.24, 2.45) is 11.7 Å². The number of rotatable bonds is 3. The summed E-state index contributed by atoms with van der Waals surface area (Å²) in [7, 11) is 0. The molecule has 0 aliphatic heterocycles. The van der Waals surface area contributed by atoms with Crippen molar-refractivity contribution in [3.63, 3.8) is 0 Å². The predicted molar refractivity (Wildman–Crippen MR) is 67.1 cm³/mol. The highest BCUT2D eigenvalue weighted by Crippen LogP contribution is 2.17. The molecule has 0 bridgehead atoms. The van der Waals surface area contributed by atoms with Crippen LogP contribution in [0.4, 0.5) is 0 Å². The molecule has 16 heavy (non-hydrogen) atoms. The standard InChI is InChI=1S/C13H26N2O/c1-10(11(2)14)13(16)15-12-8-6-4-3-5-7-9-12/h10-12H,3-9,14H2,1-2H3,(H,15,16). The van der Waals surface area contributed by atoms with E-state index in [0.29, 0.717) is 6.04 Å². The van der Waals surface area contributed by atoms with Gasteiger partial charge >= 0.3 is 0 Å². The van der Waals surface area contributed by atoms with Crippen LogP contribution in [-0.4, -0.2) is 18.0 Å². The Balaban J connectivity index is 2.35. The van der Waals surface area contributed by atoms with Gasteiger partial charge in [-0.05, 0) is 19.8 Å². The minimum atomic E-state index is -0.0783. The molecule has 0 heterocycles. The number of nitrogens with two attached hydrogens (primary N) is 1. The fraction of sp³-hybridized carbons (Fsp3) is 0.923. The lowest BCUT2D eigenvalue weighted by Crippen LogP contribution is -2.43. The van der Waals surface area contributed by atoms with Gasteiger partial charge in [0.15, 0.2) is 0 Å². The molecule has 0 aromatic heterocycles. The average Bonchev–Trinajstić information content (AvgIpc) is 2.20. The summed E-state index contributed by atoms with van der Waals surface area (Å²) in [5, 5.41) is 3.15. The third-order valence-corrected chi connectivity index (χ3v) is 3.65. The Morgan fingerprint density at radius 1 is 1.12 bits per heavy atom. The van der Waals surface area contributed by atoms with Crippen LogP contribution in [-0.2, 0) is 4.79 Å². The second kappa shape index (κ2) is 6.89. The maximum atomic E-state index is 11.9. The normalized spacial score (nSPS) is 22.9. The van der Waals surface area contributed by atoms with Crippen molar-refractivity contribution in [3.8, 4) is 0 Å². The molecule has 0 radical (unpaired) electrons. The van der Waals surface area contributed by atoms with E-state index in [0.717, 1.165) is 12.8 Å². The molecule has 1 aliphatic rings. The van der Waals surface area contributed by atoms with E-state index in [1.807, 2.05) is 13.8 Å². The molecule has 0 spiro atoms. The summed E-state index contributed by atoms with van der Waals surface area (Å²) in [6.07, 6.45) is 8.76. The Hall–Kier alpha value is -0.570. The summed E-state index contributed by atoms with van der Waals surface area (Å²) >= 11 is 0. The zero-order valence-corrected chi connectivity index (χ0v) is 10.7. The Kier molecular flexibility index (Phi) is 5.81. The summed E-state index contributed by atoms with van der Waals surface area (Å²) in [5.41, 5.74) is 5.74. The van der Waals surface area contributed by atoms with Crippen LogP contribution in [0, 0.1) is 5.92 Å². The van der Waals surface area contributed by atoms with Crippen LogP contribution >= 0.6 is 0 Å². The summed E-state index contributed by atoms with van der Waals surface area (Å²) < 4.78 is 0. The molecule has 1 fully saturated rings. The van der Waals surface area contributed by atoms with Gasteiger partial charge in [-0.2, -0.15) is 0 Å². The highest BCUT2D eigenvalue weighted by atomic mass is 16.1. The number of hydrogen-bond donors (Lipinski definition) is 2. The maximum Gasteiger partial charge on any atom is 0.224 e. The van der Waals surface area contributed by atoms with Gasteiger partial charge in [0.25, 0.3) is 0 Å². The van der Waals surface area contributed by atoms with Crippen LogP contribution in [0.1, 0.15) is 58.8 Å². The lowest BCUT2D eigenvalue weighted by atomic mass is 9.95. The first-order valence-corrected chi connectivity index (χ1v) is 6.67. The number of nitrogens with one attached hydrogen (secondary N) is 1. The molecule has 2 unspecified atom stereocenters. The zero-order chi connectivity index (χ0) is 12.0. The topological polar surface area (TPSA) is 55.1 Å². The van der Waals surface area contributed by atoms with E-state index < -0.39 is 0 Å². The zero-order valence-electron chi connectivity index (χ0n) is 10.7. The van der Waals surface area contributed by atoms with Crippen LogP contribution in [0.3, 0.4) is 0 Å². The summed E-state index contributed by atoms with van der Waals surface area (Å²) in [6, 6.07) is 0.322. The molecule has 94 valence electrons. The number of hydrogen-bond acceptors (Lipinski definition) is 2. The predicted octanol–water partition coefficient (Wildman–Crippen LogP) is 2.20. The van der Waals surface area contributed by atoms with Gasteiger partial charge in [0.2, 0.25) is 5.91 Å². The Morgan fingerprint density at radius 2 is 1.62 bits per heavy atom. The van der Waals surface area contributed by atoms with Crippen LogP contribution in [0.15, 0.2) is 0 Å². The van der Waals surface area contributed by atoms with Crippen molar-refractivity contribution in [2.75, 3.05) is 0 Å².